The maximum atomic E-state index is 12.2. The lowest BCUT2D eigenvalue weighted by molar-refractivity contribution is -0.120. The quantitative estimate of drug-likeness (QED) is 0.899. The summed E-state index contributed by atoms with van der Waals surface area (Å²) in [5.41, 5.74) is 7.58. The highest BCUT2D eigenvalue weighted by Gasteiger charge is 2.24. The van der Waals surface area contributed by atoms with E-state index in [1.807, 2.05) is 24.3 Å². The number of hydrogen-bond acceptors (Lipinski definition) is 4. The number of amides is 1. The van der Waals surface area contributed by atoms with Gasteiger partial charge in [0.05, 0.1) is 5.69 Å². The molecule has 1 aliphatic rings. The number of rotatable bonds is 3. The van der Waals surface area contributed by atoms with Gasteiger partial charge in [0.15, 0.2) is 0 Å². The molecule has 1 fully saturated rings. The van der Waals surface area contributed by atoms with Crippen LogP contribution in [0.1, 0.15) is 25.7 Å². The molecule has 3 N–H and O–H groups in total. The molecule has 0 aliphatic heterocycles. The Morgan fingerprint density at radius 3 is 2.52 bits per heavy atom. The molecule has 21 heavy (non-hydrogen) atoms. The number of benzene rings is 1. The first kappa shape index (κ1) is 13.8. The minimum Gasteiger partial charge on any atom is -0.328 e. The SMILES string of the molecule is NC1CCC(C(=O)Nc2ccc(-n3cncn3)cc2)CC1. The summed E-state index contributed by atoms with van der Waals surface area (Å²) in [4.78, 5) is 16.1. The molecule has 6 heteroatoms. The first-order valence-electron chi connectivity index (χ1n) is 7.24. The van der Waals surface area contributed by atoms with Gasteiger partial charge in [0.25, 0.3) is 0 Å². The summed E-state index contributed by atoms with van der Waals surface area (Å²) >= 11 is 0. The highest BCUT2D eigenvalue weighted by Crippen LogP contribution is 2.24. The van der Waals surface area contributed by atoms with Crippen LogP contribution in [0, 0.1) is 5.92 Å². The first-order chi connectivity index (χ1) is 10.2. The summed E-state index contributed by atoms with van der Waals surface area (Å²) in [6.07, 6.45) is 6.75. The van der Waals surface area contributed by atoms with Crippen LogP contribution in [-0.2, 0) is 4.79 Å². The molecule has 0 unspecified atom stereocenters. The predicted octanol–water partition coefficient (Wildman–Crippen LogP) is 1.72. The van der Waals surface area contributed by atoms with Crippen LogP contribution in [0.5, 0.6) is 0 Å². The molecular weight excluding hydrogens is 266 g/mol. The number of aromatic nitrogens is 3. The van der Waals surface area contributed by atoms with Crippen LogP contribution in [0.3, 0.4) is 0 Å². The maximum absolute atomic E-state index is 12.2. The van der Waals surface area contributed by atoms with Crippen LogP contribution < -0.4 is 11.1 Å². The zero-order valence-electron chi connectivity index (χ0n) is 11.8. The Balaban J connectivity index is 1.61. The third-order valence-corrected chi connectivity index (χ3v) is 3.96. The van der Waals surface area contributed by atoms with Crippen molar-refractivity contribution in [3.05, 3.63) is 36.9 Å². The third-order valence-electron chi connectivity index (χ3n) is 3.96. The number of anilines is 1. The monoisotopic (exact) mass is 285 g/mol. The lowest BCUT2D eigenvalue weighted by atomic mass is 9.86. The van der Waals surface area contributed by atoms with Gasteiger partial charge in [-0.2, -0.15) is 5.10 Å². The van der Waals surface area contributed by atoms with Gasteiger partial charge in [-0.25, -0.2) is 9.67 Å². The largest absolute Gasteiger partial charge is 0.328 e. The van der Waals surface area contributed by atoms with E-state index in [9.17, 15) is 4.79 Å². The molecule has 0 saturated heterocycles. The van der Waals surface area contributed by atoms with Crippen LogP contribution >= 0.6 is 0 Å². The standard InChI is InChI=1S/C15H19N5O/c16-12-3-1-11(2-4-12)15(21)19-13-5-7-14(8-6-13)20-10-17-9-18-20/h5-12H,1-4,16H2,(H,19,21). The van der Waals surface area contributed by atoms with E-state index in [1.54, 1.807) is 11.0 Å². The molecule has 1 aromatic carbocycles. The van der Waals surface area contributed by atoms with E-state index in [0.29, 0.717) is 0 Å². The fourth-order valence-electron chi connectivity index (χ4n) is 2.66. The summed E-state index contributed by atoms with van der Waals surface area (Å²) in [7, 11) is 0. The van der Waals surface area contributed by atoms with Crippen molar-refractivity contribution in [1.29, 1.82) is 0 Å². The zero-order chi connectivity index (χ0) is 14.7. The fourth-order valence-corrected chi connectivity index (χ4v) is 2.66. The van der Waals surface area contributed by atoms with Crippen molar-refractivity contribution < 1.29 is 4.79 Å². The van der Waals surface area contributed by atoms with Crippen LogP contribution in [-0.4, -0.2) is 26.7 Å². The maximum Gasteiger partial charge on any atom is 0.227 e. The van der Waals surface area contributed by atoms with Crippen molar-refractivity contribution in [1.82, 2.24) is 14.8 Å². The second-order valence-corrected chi connectivity index (χ2v) is 5.49. The minimum absolute atomic E-state index is 0.0831. The molecule has 1 aliphatic carbocycles. The molecule has 1 heterocycles. The van der Waals surface area contributed by atoms with Crippen molar-refractivity contribution in [3.8, 4) is 5.69 Å². The predicted molar refractivity (Wildman–Crippen MR) is 79.9 cm³/mol. The summed E-state index contributed by atoms with van der Waals surface area (Å²) in [5, 5.41) is 7.04. The Morgan fingerprint density at radius 2 is 1.90 bits per heavy atom. The molecule has 3 rings (SSSR count). The highest BCUT2D eigenvalue weighted by molar-refractivity contribution is 5.92. The van der Waals surface area contributed by atoms with Gasteiger partial charge >= 0.3 is 0 Å². The summed E-state index contributed by atoms with van der Waals surface area (Å²) in [6, 6.07) is 7.82. The second-order valence-electron chi connectivity index (χ2n) is 5.49. The molecule has 2 aromatic rings. The van der Waals surface area contributed by atoms with E-state index >= 15 is 0 Å². The number of hydrogen-bond donors (Lipinski definition) is 2. The zero-order valence-corrected chi connectivity index (χ0v) is 11.8. The Hall–Kier alpha value is -2.21. The van der Waals surface area contributed by atoms with Gasteiger partial charge in [-0.3, -0.25) is 4.79 Å². The van der Waals surface area contributed by atoms with Gasteiger partial charge in [-0.1, -0.05) is 0 Å². The van der Waals surface area contributed by atoms with Crippen molar-refractivity contribution in [2.45, 2.75) is 31.7 Å². The molecule has 1 saturated carbocycles. The first-order valence-corrected chi connectivity index (χ1v) is 7.24. The number of carbonyl (C=O) groups is 1. The number of carbonyl (C=O) groups excluding carboxylic acids is 1. The number of nitrogens with two attached hydrogens (primary N) is 1. The Kier molecular flexibility index (Phi) is 3.96. The van der Waals surface area contributed by atoms with Gasteiger partial charge in [0.1, 0.15) is 12.7 Å². The second kappa shape index (κ2) is 6.05. The summed E-state index contributed by atoms with van der Waals surface area (Å²) < 4.78 is 1.67. The molecule has 1 aromatic heterocycles. The summed E-state index contributed by atoms with van der Waals surface area (Å²) in [5.74, 6) is 0.176. The lowest BCUT2D eigenvalue weighted by Crippen LogP contribution is -2.32. The average Bonchev–Trinajstić information content (AvgIpc) is 3.03. The van der Waals surface area contributed by atoms with Crippen LogP contribution in [0.15, 0.2) is 36.9 Å². The fraction of sp³-hybridized carbons (Fsp3) is 0.400. The van der Waals surface area contributed by atoms with E-state index in [2.05, 4.69) is 15.4 Å². The molecule has 0 atom stereocenters. The number of nitrogens with zero attached hydrogens (tertiary/aromatic N) is 3. The van der Waals surface area contributed by atoms with Crippen LogP contribution in [0.4, 0.5) is 5.69 Å². The van der Waals surface area contributed by atoms with Gasteiger partial charge in [-0.15, -0.1) is 0 Å². The van der Waals surface area contributed by atoms with E-state index in [1.165, 1.54) is 6.33 Å². The normalized spacial score (nSPS) is 22.0. The molecule has 0 spiro atoms. The Bertz CT molecular complexity index is 585. The van der Waals surface area contributed by atoms with Gasteiger partial charge in [0, 0.05) is 17.6 Å². The van der Waals surface area contributed by atoms with E-state index in [0.717, 1.165) is 37.1 Å². The Labute approximate surface area is 123 Å². The van der Waals surface area contributed by atoms with Crippen molar-refractivity contribution in [2.75, 3.05) is 5.32 Å². The highest BCUT2D eigenvalue weighted by atomic mass is 16.1. The van der Waals surface area contributed by atoms with Crippen molar-refractivity contribution >= 4 is 11.6 Å². The minimum atomic E-state index is 0.0831. The van der Waals surface area contributed by atoms with Gasteiger partial charge in [-0.05, 0) is 49.9 Å². The van der Waals surface area contributed by atoms with E-state index < -0.39 is 0 Å². The molecule has 1 amide bonds. The van der Waals surface area contributed by atoms with E-state index in [-0.39, 0.29) is 17.9 Å². The lowest BCUT2D eigenvalue weighted by Gasteiger charge is -2.25. The topological polar surface area (TPSA) is 85.8 Å². The molecule has 110 valence electrons. The summed E-state index contributed by atoms with van der Waals surface area (Å²) in [6.45, 7) is 0. The third kappa shape index (κ3) is 3.28. The van der Waals surface area contributed by atoms with Crippen LogP contribution in [0.2, 0.25) is 0 Å². The van der Waals surface area contributed by atoms with E-state index in [4.69, 9.17) is 5.73 Å². The average molecular weight is 285 g/mol. The van der Waals surface area contributed by atoms with Gasteiger partial charge < -0.3 is 11.1 Å². The Morgan fingerprint density at radius 1 is 1.19 bits per heavy atom. The number of nitrogens with one attached hydrogen (secondary N) is 1. The molecule has 0 bridgehead atoms. The van der Waals surface area contributed by atoms with Crippen molar-refractivity contribution in [3.63, 3.8) is 0 Å². The molecule has 6 nitrogen and oxygen atoms in total. The van der Waals surface area contributed by atoms with Crippen molar-refractivity contribution in [2.24, 2.45) is 11.7 Å². The van der Waals surface area contributed by atoms with Crippen LogP contribution in [0.25, 0.3) is 5.69 Å². The smallest absolute Gasteiger partial charge is 0.227 e. The van der Waals surface area contributed by atoms with Gasteiger partial charge in [0.2, 0.25) is 5.91 Å². The molecular formula is C15H19N5O. The molecule has 0 radical (unpaired) electrons.